The second-order valence-corrected chi connectivity index (χ2v) is 4.15. The number of methoxy groups -OCH3 is 1. The van der Waals surface area contributed by atoms with E-state index >= 15 is 0 Å². The number of anilines is 1. The van der Waals surface area contributed by atoms with Crippen molar-refractivity contribution >= 4 is 11.6 Å². The lowest BCUT2D eigenvalue weighted by molar-refractivity contribution is 0.0939. The van der Waals surface area contributed by atoms with Crippen molar-refractivity contribution in [1.29, 1.82) is 0 Å². The lowest BCUT2D eigenvalue weighted by Gasteiger charge is -2.11. The van der Waals surface area contributed by atoms with Crippen LogP contribution in [0.1, 0.15) is 30.1 Å². The maximum absolute atomic E-state index is 12.0. The molecule has 3 N–H and O–H groups in total. The van der Waals surface area contributed by atoms with E-state index in [2.05, 4.69) is 12.2 Å². The smallest absolute Gasteiger partial charge is 0.257 e. The van der Waals surface area contributed by atoms with Crippen LogP contribution in [-0.4, -0.2) is 32.8 Å². The van der Waals surface area contributed by atoms with Crippen LogP contribution in [0, 0.1) is 0 Å². The summed E-state index contributed by atoms with van der Waals surface area (Å²) >= 11 is 0. The molecule has 19 heavy (non-hydrogen) atoms. The molecule has 0 fully saturated rings. The molecule has 1 rings (SSSR count). The SMILES string of the molecule is CCCOCCCNC(=O)c1c(N)cccc1OC. The molecule has 0 aliphatic rings. The van der Waals surface area contributed by atoms with Crippen LogP contribution in [0.2, 0.25) is 0 Å². The zero-order chi connectivity index (χ0) is 14.1. The van der Waals surface area contributed by atoms with Gasteiger partial charge in [0.2, 0.25) is 0 Å². The minimum absolute atomic E-state index is 0.217. The van der Waals surface area contributed by atoms with Crippen LogP contribution in [-0.2, 0) is 4.74 Å². The number of amides is 1. The van der Waals surface area contributed by atoms with Gasteiger partial charge in [0.1, 0.15) is 11.3 Å². The summed E-state index contributed by atoms with van der Waals surface area (Å²) in [7, 11) is 1.52. The molecule has 1 aromatic rings. The average Bonchev–Trinajstić information content (AvgIpc) is 2.42. The van der Waals surface area contributed by atoms with Gasteiger partial charge in [-0.3, -0.25) is 4.79 Å². The molecular formula is C14H22N2O3. The third-order valence-electron chi connectivity index (χ3n) is 2.60. The van der Waals surface area contributed by atoms with Crippen LogP contribution in [0.3, 0.4) is 0 Å². The Labute approximate surface area is 114 Å². The van der Waals surface area contributed by atoms with E-state index in [4.69, 9.17) is 15.2 Å². The fourth-order valence-corrected chi connectivity index (χ4v) is 1.67. The fourth-order valence-electron chi connectivity index (χ4n) is 1.67. The van der Waals surface area contributed by atoms with E-state index in [0.29, 0.717) is 30.2 Å². The van der Waals surface area contributed by atoms with Gasteiger partial charge >= 0.3 is 0 Å². The molecule has 0 saturated carbocycles. The fraction of sp³-hybridized carbons (Fsp3) is 0.500. The molecule has 0 aliphatic heterocycles. The van der Waals surface area contributed by atoms with Gasteiger partial charge in [-0.1, -0.05) is 13.0 Å². The molecule has 0 aliphatic carbocycles. The summed E-state index contributed by atoms with van der Waals surface area (Å²) < 4.78 is 10.5. The van der Waals surface area contributed by atoms with Crippen LogP contribution >= 0.6 is 0 Å². The predicted molar refractivity (Wildman–Crippen MR) is 75.5 cm³/mol. The van der Waals surface area contributed by atoms with Crippen molar-refractivity contribution in [2.45, 2.75) is 19.8 Å². The first-order valence-corrected chi connectivity index (χ1v) is 6.49. The largest absolute Gasteiger partial charge is 0.496 e. The second-order valence-electron chi connectivity index (χ2n) is 4.15. The number of ether oxygens (including phenoxy) is 2. The van der Waals surface area contributed by atoms with Crippen molar-refractivity contribution in [1.82, 2.24) is 5.32 Å². The number of hydrogen-bond acceptors (Lipinski definition) is 4. The molecule has 0 bridgehead atoms. The van der Waals surface area contributed by atoms with Crippen molar-refractivity contribution in [3.8, 4) is 5.75 Å². The van der Waals surface area contributed by atoms with Crippen LogP contribution in [0.5, 0.6) is 5.75 Å². The Morgan fingerprint density at radius 2 is 2.16 bits per heavy atom. The highest BCUT2D eigenvalue weighted by Gasteiger charge is 2.14. The third kappa shape index (κ3) is 4.79. The molecule has 0 saturated heterocycles. The minimum Gasteiger partial charge on any atom is -0.496 e. The summed E-state index contributed by atoms with van der Waals surface area (Å²) in [5.41, 5.74) is 6.61. The van der Waals surface area contributed by atoms with Crippen LogP contribution in [0.15, 0.2) is 18.2 Å². The molecule has 1 amide bonds. The van der Waals surface area contributed by atoms with E-state index in [1.807, 2.05) is 0 Å². The number of nitrogens with one attached hydrogen (secondary N) is 1. The monoisotopic (exact) mass is 266 g/mol. The van der Waals surface area contributed by atoms with Crippen molar-refractivity contribution in [2.24, 2.45) is 0 Å². The summed E-state index contributed by atoms with van der Waals surface area (Å²) in [6.45, 7) is 4.02. The zero-order valence-corrected chi connectivity index (χ0v) is 11.6. The lowest BCUT2D eigenvalue weighted by Crippen LogP contribution is -2.26. The van der Waals surface area contributed by atoms with Crippen LogP contribution in [0.25, 0.3) is 0 Å². The summed E-state index contributed by atoms with van der Waals surface area (Å²) in [5.74, 6) is 0.269. The van der Waals surface area contributed by atoms with E-state index in [0.717, 1.165) is 19.4 Å². The maximum Gasteiger partial charge on any atom is 0.257 e. The molecule has 0 atom stereocenters. The molecule has 5 heteroatoms. The number of rotatable bonds is 8. The normalized spacial score (nSPS) is 10.2. The van der Waals surface area contributed by atoms with Gasteiger partial charge in [-0.15, -0.1) is 0 Å². The number of carbonyl (C=O) groups excluding carboxylic acids is 1. The Bertz CT molecular complexity index is 408. The summed E-state index contributed by atoms with van der Waals surface area (Å²) in [6.07, 6.45) is 1.78. The van der Waals surface area contributed by atoms with E-state index in [9.17, 15) is 4.79 Å². The Balaban J connectivity index is 2.45. The lowest BCUT2D eigenvalue weighted by atomic mass is 10.1. The van der Waals surface area contributed by atoms with Gasteiger partial charge in [0.25, 0.3) is 5.91 Å². The van der Waals surface area contributed by atoms with Crippen molar-refractivity contribution < 1.29 is 14.3 Å². The number of nitrogen functional groups attached to an aromatic ring is 1. The first kappa shape index (κ1) is 15.3. The van der Waals surface area contributed by atoms with Crippen molar-refractivity contribution in [3.63, 3.8) is 0 Å². The van der Waals surface area contributed by atoms with Gasteiger partial charge in [-0.2, -0.15) is 0 Å². The van der Waals surface area contributed by atoms with E-state index in [1.54, 1.807) is 18.2 Å². The van der Waals surface area contributed by atoms with Gasteiger partial charge < -0.3 is 20.5 Å². The third-order valence-corrected chi connectivity index (χ3v) is 2.60. The predicted octanol–water partition coefficient (Wildman–Crippen LogP) is 1.82. The summed E-state index contributed by atoms with van der Waals surface area (Å²) in [4.78, 5) is 12.0. The average molecular weight is 266 g/mol. The molecule has 0 spiro atoms. The molecular weight excluding hydrogens is 244 g/mol. The Morgan fingerprint density at radius 1 is 1.37 bits per heavy atom. The standard InChI is InChI=1S/C14H22N2O3/c1-3-9-19-10-5-8-16-14(17)13-11(15)6-4-7-12(13)18-2/h4,6-7H,3,5,8-10,15H2,1-2H3,(H,16,17). The first-order chi connectivity index (χ1) is 9.20. The molecule has 0 unspecified atom stereocenters. The maximum atomic E-state index is 12.0. The van der Waals surface area contributed by atoms with Crippen molar-refractivity contribution in [2.75, 3.05) is 32.6 Å². The molecule has 0 radical (unpaired) electrons. The number of hydrogen-bond donors (Lipinski definition) is 2. The van der Waals surface area contributed by atoms with E-state index in [1.165, 1.54) is 7.11 Å². The van der Waals surface area contributed by atoms with E-state index in [-0.39, 0.29) is 5.91 Å². The van der Waals surface area contributed by atoms with Gasteiger partial charge in [0.15, 0.2) is 0 Å². The molecule has 106 valence electrons. The van der Waals surface area contributed by atoms with Gasteiger partial charge in [0.05, 0.1) is 7.11 Å². The highest BCUT2D eigenvalue weighted by molar-refractivity contribution is 6.01. The summed E-state index contributed by atoms with van der Waals surface area (Å²) in [6, 6.07) is 5.15. The highest BCUT2D eigenvalue weighted by Crippen LogP contribution is 2.23. The van der Waals surface area contributed by atoms with Gasteiger partial charge in [-0.25, -0.2) is 0 Å². The molecule has 0 heterocycles. The van der Waals surface area contributed by atoms with E-state index < -0.39 is 0 Å². The highest BCUT2D eigenvalue weighted by atomic mass is 16.5. The first-order valence-electron chi connectivity index (χ1n) is 6.49. The molecule has 5 nitrogen and oxygen atoms in total. The number of nitrogens with two attached hydrogens (primary N) is 1. The zero-order valence-electron chi connectivity index (χ0n) is 11.6. The number of carbonyl (C=O) groups is 1. The Kier molecular flexibility index (Phi) is 6.74. The summed E-state index contributed by atoms with van der Waals surface area (Å²) in [5, 5.41) is 2.81. The van der Waals surface area contributed by atoms with Crippen LogP contribution < -0.4 is 15.8 Å². The topological polar surface area (TPSA) is 73.6 Å². The van der Waals surface area contributed by atoms with Crippen LogP contribution in [0.4, 0.5) is 5.69 Å². The second kappa shape index (κ2) is 8.37. The molecule has 0 aromatic heterocycles. The minimum atomic E-state index is -0.217. The van der Waals surface area contributed by atoms with Crippen molar-refractivity contribution in [3.05, 3.63) is 23.8 Å². The quantitative estimate of drug-likeness (QED) is 0.556. The Hall–Kier alpha value is -1.75. The van der Waals surface area contributed by atoms with Gasteiger partial charge in [0, 0.05) is 25.4 Å². The Morgan fingerprint density at radius 3 is 2.84 bits per heavy atom. The molecule has 1 aromatic carbocycles. The van der Waals surface area contributed by atoms with Gasteiger partial charge in [-0.05, 0) is 25.0 Å². The number of benzene rings is 1.